The molecule has 8 aromatic rings. The molecule has 0 radical (unpaired) electrons. The summed E-state index contributed by atoms with van der Waals surface area (Å²) >= 11 is 0. The number of rotatable bonds is 5. The van der Waals surface area contributed by atoms with E-state index in [9.17, 15) is 0 Å². The fourth-order valence-electron chi connectivity index (χ4n) is 8.05. The third-order valence-corrected chi connectivity index (χ3v) is 10.0. The van der Waals surface area contributed by atoms with E-state index in [2.05, 4.69) is 161 Å². The van der Waals surface area contributed by atoms with Crippen molar-refractivity contribution in [1.82, 2.24) is 4.40 Å². The van der Waals surface area contributed by atoms with Gasteiger partial charge in [0.2, 0.25) is 11.4 Å². The fourth-order valence-corrected chi connectivity index (χ4v) is 8.05. The van der Waals surface area contributed by atoms with Gasteiger partial charge in [-0.3, -0.25) is 0 Å². The van der Waals surface area contributed by atoms with Crippen LogP contribution in [0.4, 0.5) is 0 Å². The van der Waals surface area contributed by atoms with Gasteiger partial charge in [0, 0.05) is 51.4 Å². The number of pyridine rings is 2. The molecule has 210 valence electrons. The van der Waals surface area contributed by atoms with E-state index < -0.39 is 0 Å². The Kier molecular flexibility index (Phi) is 5.52. The second kappa shape index (κ2) is 9.62. The van der Waals surface area contributed by atoms with Gasteiger partial charge in [0.15, 0.2) is 18.4 Å². The highest BCUT2D eigenvalue weighted by Gasteiger charge is 2.39. The summed E-state index contributed by atoms with van der Waals surface area (Å²) < 4.78 is 7.17. The van der Waals surface area contributed by atoms with Crippen LogP contribution in [0.5, 0.6) is 0 Å². The molecule has 44 heavy (non-hydrogen) atoms. The maximum Gasteiger partial charge on any atom is 0.213 e. The average molecular weight is 568 g/mol. The van der Waals surface area contributed by atoms with Crippen LogP contribution in [0.15, 0.2) is 140 Å². The van der Waals surface area contributed by atoms with Crippen molar-refractivity contribution in [1.29, 1.82) is 0 Å². The lowest BCUT2D eigenvalue weighted by Gasteiger charge is -2.29. The third kappa shape index (κ3) is 3.50. The molecule has 5 heterocycles. The quantitative estimate of drug-likeness (QED) is 0.146. The maximum atomic E-state index is 4.38. The Labute approximate surface area is 256 Å². The molecule has 3 heteroatoms. The van der Waals surface area contributed by atoms with Crippen LogP contribution >= 0.6 is 0 Å². The average Bonchev–Trinajstić information content (AvgIpc) is 3.59. The van der Waals surface area contributed by atoms with Crippen molar-refractivity contribution in [3.05, 3.63) is 151 Å². The number of benzene rings is 4. The number of hydrogen-bond donors (Lipinski definition) is 0. The van der Waals surface area contributed by atoms with Gasteiger partial charge in [-0.1, -0.05) is 61.2 Å². The number of hydrogen-bond acceptors (Lipinski definition) is 0. The SMILES string of the molecule is C=CC1C(CCc2ccccc2-c2cccc[n+]2C)c2cc3c(cc2-c2cccc[n+]21)c1cccc2c4ccccc4n3c21. The van der Waals surface area contributed by atoms with E-state index in [-0.39, 0.29) is 12.0 Å². The maximum absolute atomic E-state index is 4.38. The smallest absolute Gasteiger partial charge is 0.213 e. The van der Waals surface area contributed by atoms with Gasteiger partial charge in [-0.2, -0.15) is 4.57 Å². The van der Waals surface area contributed by atoms with Crippen LogP contribution < -0.4 is 9.13 Å². The molecule has 0 saturated carbocycles. The first-order chi connectivity index (χ1) is 21.7. The Morgan fingerprint density at radius 2 is 1.41 bits per heavy atom. The van der Waals surface area contributed by atoms with Crippen LogP contribution in [0.3, 0.4) is 0 Å². The van der Waals surface area contributed by atoms with Gasteiger partial charge in [0.05, 0.1) is 28.0 Å². The molecular formula is C41H33N3+2. The second-order valence-electron chi connectivity index (χ2n) is 12.2. The van der Waals surface area contributed by atoms with E-state index in [0.717, 1.165) is 12.8 Å². The highest BCUT2D eigenvalue weighted by Crippen LogP contribution is 2.46. The van der Waals surface area contributed by atoms with Gasteiger partial charge in [0.1, 0.15) is 7.05 Å². The van der Waals surface area contributed by atoms with Crippen molar-refractivity contribution in [3.63, 3.8) is 0 Å². The van der Waals surface area contributed by atoms with Crippen molar-refractivity contribution >= 4 is 38.1 Å². The molecule has 0 spiro atoms. The van der Waals surface area contributed by atoms with Crippen LogP contribution in [0.1, 0.15) is 29.5 Å². The van der Waals surface area contributed by atoms with Gasteiger partial charge in [-0.15, -0.1) is 0 Å². The summed E-state index contributed by atoms with van der Waals surface area (Å²) in [5.41, 5.74) is 11.8. The Morgan fingerprint density at radius 1 is 0.682 bits per heavy atom. The van der Waals surface area contributed by atoms with Crippen LogP contribution in [-0.4, -0.2) is 4.40 Å². The number of aromatic nitrogens is 3. The van der Waals surface area contributed by atoms with E-state index in [0.29, 0.717) is 0 Å². The Balaban J connectivity index is 1.26. The molecule has 0 aliphatic carbocycles. The van der Waals surface area contributed by atoms with Gasteiger partial charge in [-0.25, -0.2) is 4.57 Å². The molecule has 2 atom stereocenters. The lowest BCUT2D eigenvalue weighted by molar-refractivity contribution is -0.707. The number of fused-ring (bicyclic) bond motifs is 9. The van der Waals surface area contributed by atoms with E-state index in [1.54, 1.807) is 0 Å². The summed E-state index contributed by atoms with van der Waals surface area (Å²) in [6.45, 7) is 4.38. The highest BCUT2D eigenvalue weighted by molar-refractivity contribution is 6.23. The van der Waals surface area contributed by atoms with Gasteiger partial charge >= 0.3 is 0 Å². The first kappa shape index (κ1) is 25.2. The largest absolute Gasteiger partial charge is 0.308 e. The van der Waals surface area contributed by atoms with Crippen LogP contribution in [0, 0.1) is 0 Å². The molecule has 9 rings (SSSR count). The zero-order chi connectivity index (χ0) is 29.4. The number of allylic oxidation sites excluding steroid dienone is 1. The molecular weight excluding hydrogens is 534 g/mol. The second-order valence-corrected chi connectivity index (χ2v) is 12.2. The van der Waals surface area contributed by atoms with Crippen molar-refractivity contribution in [2.75, 3.05) is 0 Å². The molecule has 0 fully saturated rings. The summed E-state index contributed by atoms with van der Waals surface area (Å²) in [5, 5.41) is 5.29. The summed E-state index contributed by atoms with van der Waals surface area (Å²) in [7, 11) is 2.13. The summed E-state index contributed by atoms with van der Waals surface area (Å²) in [6, 6.07) is 42.7. The fraction of sp³-hybridized carbons (Fsp3) is 0.122. The minimum Gasteiger partial charge on any atom is -0.308 e. The number of nitrogens with zero attached hydrogens (tertiary/aromatic N) is 3. The van der Waals surface area contributed by atoms with Gasteiger partial charge < -0.3 is 4.40 Å². The van der Waals surface area contributed by atoms with Crippen LogP contribution in [0.2, 0.25) is 0 Å². The minimum atomic E-state index is 0.168. The molecule has 3 nitrogen and oxygen atoms in total. The molecule has 0 N–H and O–H groups in total. The number of aryl methyl sites for hydroxylation is 2. The Morgan fingerprint density at radius 3 is 2.27 bits per heavy atom. The van der Waals surface area contributed by atoms with Crippen LogP contribution in [-0.2, 0) is 13.5 Å². The molecule has 4 aromatic carbocycles. The van der Waals surface area contributed by atoms with Crippen molar-refractivity contribution < 1.29 is 9.13 Å². The molecule has 0 amide bonds. The molecule has 0 bridgehead atoms. The predicted octanol–water partition coefficient (Wildman–Crippen LogP) is 8.74. The first-order valence-electron chi connectivity index (χ1n) is 15.6. The standard InChI is InChI=1S/C41H33N3/c1-3-36-30(22-21-27-13-4-5-14-28(27)37-18-8-10-23-42(37)2)33-26-40-34(25-35(33)38-19-9-11-24-43(36)38)32-17-12-16-31-29-15-6-7-20-39(29)44(40)41(31)32/h3-20,23-26,30,36H,1,21-22H2,2H3/q+2. The third-order valence-electron chi connectivity index (χ3n) is 10.0. The molecule has 0 saturated heterocycles. The minimum absolute atomic E-state index is 0.168. The normalized spacial score (nSPS) is 16.1. The summed E-state index contributed by atoms with van der Waals surface area (Å²) in [6.07, 6.45) is 8.53. The van der Waals surface area contributed by atoms with Gasteiger partial charge in [-0.05, 0) is 66.4 Å². The summed E-state index contributed by atoms with van der Waals surface area (Å²) in [4.78, 5) is 0. The highest BCUT2D eigenvalue weighted by atomic mass is 15.0. The molecule has 4 aromatic heterocycles. The number of para-hydroxylation sites is 2. The zero-order valence-corrected chi connectivity index (χ0v) is 24.8. The lowest BCUT2D eigenvalue weighted by Crippen LogP contribution is -2.46. The Bertz CT molecular complexity index is 2390. The van der Waals surface area contributed by atoms with Crippen molar-refractivity contribution in [2.24, 2.45) is 7.05 Å². The van der Waals surface area contributed by atoms with E-state index in [1.165, 1.54) is 71.7 Å². The zero-order valence-electron chi connectivity index (χ0n) is 24.8. The molecule has 1 aliphatic rings. The Hall–Kier alpha value is -5.28. The monoisotopic (exact) mass is 567 g/mol. The topological polar surface area (TPSA) is 12.2 Å². The van der Waals surface area contributed by atoms with Crippen molar-refractivity contribution in [3.8, 4) is 22.5 Å². The van der Waals surface area contributed by atoms with E-state index in [1.807, 2.05) is 0 Å². The summed E-state index contributed by atoms with van der Waals surface area (Å²) in [5.74, 6) is 0.284. The predicted molar refractivity (Wildman–Crippen MR) is 180 cm³/mol. The van der Waals surface area contributed by atoms with E-state index in [4.69, 9.17) is 0 Å². The first-order valence-corrected chi connectivity index (χ1v) is 15.6. The van der Waals surface area contributed by atoms with Gasteiger partial charge in [0.25, 0.3) is 0 Å². The lowest BCUT2D eigenvalue weighted by atomic mass is 9.78. The van der Waals surface area contributed by atoms with Crippen molar-refractivity contribution in [2.45, 2.75) is 24.8 Å². The van der Waals surface area contributed by atoms with Crippen LogP contribution in [0.25, 0.3) is 60.6 Å². The molecule has 1 aliphatic heterocycles. The van der Waals surface area contributed by atoms with E-state index >= 15 is 0 Å². The molecule has 2 unspecified atom stereocenters.